The van der Waals surface area contributed by atoms with Gasteiger partial charge in [0.1, 0.15) is 11.4 Å². The zero-order valence-electron chi connectivity index (χ0n) is 17.4. The van der Waals surface area contributed by atoms with Crippen molar-refractivity contribution in [3.8, 4) is 0 Å². The Morgan fingerprint density at radius 1 is 1.17 bits per heavy atom. The van der Waals surface area contributed by atoms with Gasteiger partial charge in [-0.2, -0.15) is 4.98 Å². The predicted octanol–water partition coefficient (Wildman–Crippen LogP) is 2.46. The molecule has 1 aromatic carbocycles. The first-order valence-corrected chi connectivity index (χ1v) is 10.4. The minimum atomic E-state index is -0.479. The highest BCUT2D eigenvalue weighted by Gasteiger charge is 2.27. The Hall–Kier alpha value is -2.61. The summed E-state index contributed by atoms with van der Waals surface area (Å²) in [6.45, 7) is 10.3. The van der Waals surface area contributed by atoms with Gasteiger partial charge in [-0.05, 0) is 45.9 Å². The van der Waals surface area contributed by atoms with E-state index < -0.39 is 5.60 Å². The summed E-state index contributed by atoms with van der Waals surface area (Å²) in [6.07, 6.45) is 0.820. The molecule has 1 unspecified atom stereocenters. The molecule has 2 N–H and O–H groups in total. The van der Waals surface area contributed by atoms with Gasteiger partial charge >= 0.3 is 6.09 Å². The molecular weight excluding hydrogens is 368 g/mol. The molecule has 29 heavy (non-hydrogen) atoms. The van der Waals surface area contributed by atoms with Crippen LogP contribution in [0.2, 0.25) is 0 Å². The molecule has 0 radical (unpaired) electrons. The van der Waals surface area contributed by atoms with E-state index in [1.165, 1.54) is 0 Å². The number of hydrogen-bond acceptors (Lipinski definition) is 7. The van der Waals surface area contributed by atoms with Crippen LogP contribution in [0.5, 0.6) is 0 Å². The van der Waals surface area contributed by atoms with Gasteiger partial charge < -0.3 is 25.2 Å². The minimum Gasteiger partial charge on any atom is -0.444 e. The average Bonchev–Trinajstić information content (AvgIpc) is 3.19. The summed E-state index contributed by atoms with van der Waals surface area (Å²) >= 11 is 0. The number of carbonyl (C=O) groups excluding carboxylic acids is 1. The number of carbonyl (C=O) groups is 1. The number of piperazine rings is 1. The Balaban J connectivity index is 1.52. The number of nitrogens with zero attached hydrogens (tertiary/aromatic N) is 4. The first-order valence-electron chi connectivity index (χ1n) is 10.4. The number of anilines is 2. The van der Waals surface area contributed by atoms with Crippen LogP contribution < -0.4 is 15.5 Å². The van der Waals surface area contributed by atoms with Crippen molar-refractivity contribution >= 4 is 28.8 Å². The van der Waals surface area contributed by atoms with Crippen LogP contribution in [0.4, 0.5) is 16.6 Å². The number of rotatable bonds is 3. The van der Waals surface area contributed by atoms with Crippen LogP contribution in [0.1, 0.15) is 27.2 Å². The molecule has 1 amide bonds. The third-order valence-electron chi connectivity index (χ3n) is 5.21. The highest BCUT2D eigenvalue weighted by Crippen LogP contribution is 2.27. The third-order valence-corrected chi connectivity index (χ3v) is 5.21. The SMILES string of the molecule is CC(C)(C)OC(=O)N1CCN(c2nc(NC3CCNC3)nc3ccccc23)CC1. The molecule has 0 aliphatic carbocycles. The van der Waals surface area contributed by atoms with Crippen molar-refractivity contribution < 1.29 is 9.53 Å². The van der Waals surface area contributed by atoms with Gasteiger partial charge in [0, 0.05) is 44.2 Å². The van der Waals surface area contributed by atoms with Gasteiger partial charge in [0.2, 0.25) is 5.95 Å². The number of hydrogen-bond donors (Lipinski definition) is 2. The molecule has 0 saturated carbocycles. The van der Waals surface area contributed by atoms with Crippen molar-refractivity contribution in [1.29, 1.82) is 0 Å². The second-order valence-corrected chi connectivity index (χ2v) is 8.68. The molecular formula is C21H30N6O2. The van der Waals surface area contributed by atoms with Crippen molar-refractivity contribution in [1.82, 2.24) is 20.2 Å². The Morgan fingerprint density at radius 3 is 2.62 bits per heavy atom. The fourth-order valence-corrected chi connectivity index (χ4v) is 3.75. The van der Waals surface area contributed by atoms with E-state index in [2.05, 4.69) is 21.6 Å². The monoisotopic (exact) mass is 398 g/mol. The number of benzene rings is 1. The van der Waals surface area contributed by atoms with Crippen molar-refractivity contribution in [3.63, 3.8) is 0 Å². The molecule has 1 atom stereocenters. The highest BCUT2D eigenvalue weighted by atomic mass is 16.6. The van der Waals surface area contributed by atoms with E-state index in [1.54, 1.807) is 4.90 Å². The quantitative estimate of drug-likeness (QED) is 0.822. The average molecular weight is 399 g/mol. The zero-order valence-corrected chi connectivity index (χ0v) is 17.4. The number of para-hydroxylation sites is 1. The summed E-state index contributed by atoms with van der Waals surface area (Å²) in [4.78, 5) is 25.9. The fourth-order valence-electron chi connectivity index (χ4n) is 3.75. The van der Waals surface area contributed by atoms with E-state index in [1.807, 2.05) is 39.0 Å². The molecule has 8 heteroatoms. The Labute approximate surface area is 171 Å². The van der Waals surface area contributed by atoms with E-state index >= 15 is 0 Å². The van der Waals surface area contributed by atoms with Crippen LogP contribution in [0.15, 0.2) is 24.3 Å². The largest absolute Gasteiger partial charge is 0.444 e. The predicted molar refractivity (Wildman–Crippen MR) is 114 cm³/mol. The fraction of sp³-hybridized carbons (Fsp3) is 0.571. The smallest absolute Gasteiger partial charge is 0.410 e. The third kappa shape index (κ3) is 4.70. The van der Waals surface area contributed by atoms with Gasteiger partial charge in [0.05, 0.1) is 5.52 Å². The van der Waals surface area contributed by atoms with Crippen LogP contribution >= 0.6 is 0 Å². The topological polar surface area (TPSA) is 82.6 Å². The molecule has 2 saturated heterocycles. The van der Waals surface area contributed by atoms with Crippen molar-refractivity contribution in [2.45, 2.75) is 38.8 Å². The molecule has 2 aliphatic rings. The second-order valence-electron chi connectivity index (χ2n) is 8.68. The number of fused-ring (bicyclic) bond motifs is 1. The lowest BCUT2D eigenvalue weighted by atomic mass is 10.2. The van der Waals surface area contributed by atoms with Gasteiger partial charge in [-0.25, -0.2) is 9.78 Å². The van der Waals surface area contributed by atoms with E-state index in [0.29, 0.717) is 38.2 Å². The highest BCUT2D eigenvalue weighted by molar-refractivity contribution is 5.90. The number of amides is 1. The lowest BCUT2D eigenvalue weighted by molar-refractivity contribution is 0.0240. The summed E-state index contributed by atoms with van der Waals surface area (Å²) in [5, 5.41) is 7.87. The van der Waals surface area contributed by atoms with E-state index in [9.17, 15) is 4.79 Å². The molecule has 3 heterocycles. The standard InChI is InChI=1S/C21H30N6O2/c1-21(2,3)29-20(28)27-12-10-26(11-13-27)18-16-6-4-5-7-17(16)24-19(25-18)23-15-8-9-22-14-15/h4-7,15,22H,8-14H2,1-3H3,(H,23,24,25). The first kappa shape index (κ1) is 19.7. The molecule has 1 aromatic heterocycles. The van der Waals surface area contributed by atoms with Crippen LogP contribution in [0.3, 0.4) is 0 Å². The van der Waals surface area contributed by atoms with Gasteiger partial charge in [-0.3, -0.25) is 0 Å². The Kier molecular flexibility index (Phi) is 5.45. The van der Waals surface area contributed by atoms with Crippen LogP contribution in [0, 0.1) is 0 Å². The van der Waals surface area contributed by atoms with Crippen molar-refractivity contribution in [3.05, 3.63) is 24.3 Å². The minimum absolute atomic E-state index is 0.249. The maximum atomic E-state index is 12.4. The number of nitrogens with one attached hydrogen (secondary N) is 2. The van der Waals surface area contributed by atoms with Gasteiger partial charge in [0.15, 0.2) is 0 Å². The van der Waals surface area contributed by atoms with E-state index in [-0.39, 0.29) is 6.09 Å². The lowest BCUT2D eigenvalue weighted by Gasteiger charge is -2.36. The Bertz CT molecular complexity index is 867. The zero-order chi connectivity index (χ0) is 20.4. The van der Waals surface area contributed by atoms with E-state index in [0.717, 1.165) is 36.2 Å². The molecule has 2 fully saturated rings. The molecule has 8 nitrogen and oxygen atoms in total. The van der Waals surface area contributed by atoms with Crippen molar-refractivity contribution in [2.24, 2.45) is 0 Å². The summed E-state index contributed by atoms with van der Waals surface area (Å²) in [5.74, 6) is 1.59. The number of ether oxygens (including phenoxy) is 1. The van der Waals surface area contributed by atoms with Gasteiger partial charge in [0.25, 0.3) is 0 Å². The maximum Gasteiger partial charge on any atom is 0.410 e. The summed E-state index contributed by atoms with van der Waals surface area (Å²) in [5.41, 5.74) is 0.452. The molecule has 0 bridgehead atoms. The van der Waals surface area contributed by atoms with Gasteiger partial charge in [-0.1, -0.05) is 12.1 Å². The normalized spacial score (nSPS) is 20.2. The molecule has 0 spiro atoms. The van der Waals surface area contributed by atoms with Crippen LogP contribution in [0.25, 0.3) is 10.9 Å². The lowest BCUT2D eigenvalue weighted by Crippen LogP contribution is -2.50. The first-order chi connectivity index (χ1) is 13.9. The Morgan fingerprint density at radius 2 is 1.93 bits per heavy atom. The second kappa shape index (κ2) is 8.02. The summed E-state index contributed by atoms with van der Waals surface area (Å²) in [6, 6.07) is 8.45. The van der Waals surface area contributed by atoms with Gasteiger partial charge in [-0.15, -0.1) is 0 Å². The summed E-state index contributed by atoms with van der Waals surface area (Å²) < 4.78 is 5.51. The number of aromatic nitrogens is 2. The van der Waals surface area contributed by atoms with Crippen LogP contribution in [-0.2, 0) is 4.74 Å². The summed E-state index contributed by atoms with van der Waals surface area (Å²) in [7, 11) is 0. The van der Waals surface area contributed by atoms with E-state index in [4.69, 9.17) is 14.7 Å². The van der Waals surface area contributed by atoms with Crippen LogP contribution in [-0.4, -0.2) is 71.9 Å². The molecule has 156 valence electrons. The van der Waals surface area contributed by atoms with Crippen molar-refractivity contribution in [2.75, 3.05) is 49.5 Å². The molecule has 2 aliphatic heterocycles. The maximum absolute atomic E-state index is 12.4. The molecule has 2 aromatic rings. The molecule has 4 rings (SSSR count).